The SMILES string of the molecule is CCN(CC)C(=O)C1=C(C)N=c2s/c(=C/c3ccc(-c4cc([N+](=O)[O-])ccc4Cl)o3)c(=O)n2[C@H]1c1ccc(Cl)cc1. The number of nitrogens with zero attached hydrogens (tertiary/aromatic N) is 4. The molecular weight excluding hydrogens is 587 g/mol. The smallest absolute Gasteiger partial charge is 0.271 e. The van der Waals surface area contributed by atoms with Crippen LogP contribution >= 0.6 is 34.5 Å². The zero-order chi connectivity index (χ0) is 29.4. The van der Waals surface area contributed by atoms with Crippen LogP contribution < -0.4 is 14.9 Å². The fourth-order valence-electron chi connectivity index (χ4n) is 4.76. The lowest BCUT2D eigenvalue weighted by molar-refractivity contribution is -0.384. The topological polar surface area (TPSA) is 111 Å². The summed E-state index contributed by atoms with van der Waals surface area (Å²) in [6.07, 6.45) is 1.59. The molecule has 3 heterocycles. The molecule has 0 saturated carbocycles. The molecule has 0 fully saturated rings. The largest absolute Gasteiger partial charge is 0.457 e. The summed E-state index contributed by atoms with van der Waals surface area (Å²) in [5.74, 6) is 0.487. The molecule has 0 radical (unpaired) electrons. The normalized spacial score (nSPS) is 15.0. The Balaban J connectivity index is 1.63. The van der Waals surface area contributed by atoms with E-state index in [1.807, 2.05) is 13.8 Å². The molecule has 0 spiro atoms. The maximum Gasteiger partial charge on any atom is 0.271 e. The second-order valence-corrected chi connectivity index (χ2v) is 11.1. The first-order valence-corrected chi connectivity index (χ1v) is 14.3. The fourth-order valence-corrected chi connectivity index (χ4v) is 6.12. The van der Waals surface area contributed by atoms with E-state index in [0.717, 1.165) is 5.56 Å². The van der Waals surface area contributed by atoms with Crippen LogP contribution in [0.15, 0.2) is 80.1 Å². The van der Waals surface area contributed by atoms with E-state index in [1.54, 1.807) is 54.3 Å². The number of likely N-dealkylation sites (N-methyl/N-ethyl adjacent to an activating group) is 1. The van der Waals surface area contributed by atoms with Crippen molar-refractivity contribution in [3.05, 3.63) is 117 Å². The minimum atomic E-state index is -0.699. The number of thiazole rings is 1. The fraction of sp³-hybridized carbons (Fsp3) is 0.207. The van der Waals surface area contributed by atoms with Crippen molar-refractivity contribution in [3.8, 4) is 11.3 Å². The van der Waals surface area contributed by atoms with Gasteiger partial charge < -0.3 is 9.32 Å². The van der Waals surface area contributed by atoms with Gasteiger partial charge in [-0.2, -0.15) is 0 Å². The number of halogens is 2. The standard InChI is InChI=1S/C29H24Cl2N4O5S/c1-4-33(5-2)28(37)25-16(3)32-29-34(26(25)17-6-8-18(30)9-7-17)27(36)24(41-29)15-20-11-13-23(40-20)21-14-19(35(38)39)10-12-22(21)31/h6-15,26H,4-5H2,1-3H3/b24-15+/t26-/m0/s1. The Bertz CT molecular complexity index is 1880. The van der Waals surface area contributed by atoms with E-state index in [1.165, 1.54) is 34.1 Å². The first-order chi connectivity index (χ1) is 19.6. The number of rotatable bonds is 7. The molecule has 0 unspecified atom stereocenters. The number of nitro benzene ring substituents is 1. The van der Waals surface area contributed by atoms with Gasteiger partial charge in [0.15, 0.2) is 4.80 Å². The summed E-state index contributed by atoms with van der Waals surface area (Å²) < 4.78 is 7.80. The summed E-state index contributed by atoms with van der Waals surface area (Å²) >= 11 is 13.6. The number of hydrogen-bond acceptors (Lipinski definition) is 7. The van der Waals surface area contributed by atoms with Crippen LogP contribution in [0.4, 0.5) is 5.69 Å². The van der Waals surface area contributed by atoms with E-state index in [4.69, 9.17) is 27.6 Å². The molecule has 1 aliphatic rings. The maximum atomic E-state index is 13.9. The van der Waals surface area contributed by atoms with Gasteiger partial charge in [-0.3, -0.25) is 24.3 Å². The number of hydrogen-bond donors (Lipinski definition) is 0. The lowest BCUT2D eigenvalue weighted by atomic mass is 9.94. The van der Waals surface area contributed by atoms with Crippen molar-refractivity contribution in [2.24, 2.45) is 4.99 Å². The molecule has 41 heavy (non-hydrogen) atoms. The number of carbonyl (C=O) groups is 1. The predicted octanol–water partition coefficient (Wildman–Crippen LogP) is 5.58. The third-order valence-corrected chi connectivity index (χ3v) is 8.38. The van der Waals surface area contributed by atoms with Crippen LogP contribution in [0.5, 0.6) is 0 Å². The zero-order valence-electron chi connectivity index (χ0n) is 22.3. The predicted molar refractivity (Wildman–Crippen MR) is 159 cm³/mol. The van der Waals surface area contributed by atoms with Crippen molar-refractivity contribution in [2.45, 2.75) is 26.8 Å². The second kappa shape index (κ2) is 11.5. The van der Waals surface area contributed by atoms with Crippen molar-refractivity contribution in [3.63, 3.8) is 0 Å². The number of non-ortho nitro benzene ring substituents is 1. The molecule has 0 aliphatic carbocycles. The average Bonchev–Trinajstić information content (AvgIpc) is 3.53. The highest BCUT2D eigenvalue weighted by molar-refractivity contribution is 7.07. The molecule has 5 rings (SSSR count). The molecule has 2 aromatic heterocycles. The molecule has 0 saturated heterocycles. The van der Waals surface area contributed by atoms with E-state index in [2.05, 4.69) is 4.99 Å². The van der Waals surface area contributed by atoms with Crippen LogP contribution in [-0.4, -0.2) is 33.4 Å². The average molecular weight is 612 g/mol. The Kier molecular flexibility index (Phi) is 7.99. The summed E-state index contributed by atoms with van der Waals surface area (Å²) in [4.78, 5) is 45.1. The van der Waals surface area contributed by atoms with Gasteiger partial charge in [-0.15, -0.1) is 0 Å². The Hall–Kier alpha value is -3.99. The summed E-state index contributed by atoms with van der Waals surface area (Å²) in [6, 6.07) is 13.7. The van der Waals surface area contributed by atoms with Gasteiger partial charge in [0, 0.05) is 41.9 Å². The summed E-state index contributed by atoms with van der Waals surface area (Å²) in [5.41, 5.74) is 1.60. The molecule has 2 aromatic carbocycles. The van der Waals surface area contributed by atoms with E-state index in [9.17, 15) is 19.7 Å². The van der Waals surface area contributed by atoms with Crippen molar-refractivity contribution in [1.82, 2.24) is 9.47 Å². The van der Waals surface area contributed by atoms with Crippen molar-refractivity contribution in [2.75, 3.05) is 13.1 Å². The number of amides is 1. The number of aromatic nitrogens is 1. The molecule has 0 bridgehead atoms. The van der Waals surface area contributed by atoms with Gasteiger partial charge in [0.05, 0.1) is 31.8 Å². The quantitative estimate of drug-likeness (QED) is 0.200. The lowest BCUT2D eigenvalue weighted by Crippen LogP contribution is -2.43. The molecule has 4 aromatic rings. The van der Waals surface area contributed by atoms with Crippen LogP contribution in [0, 0.1) is 10.1 Å². The third kappa shape index (κ3) is 5.38. The molecule has 0 N–H and O–H groups in total. The van der Waals surface area contributed by atoms with Crippen molar-refractivity contribution < 1.29 is 14.1 Å². The highest BCUT2D eigenvalue weighted by Gasteiger charge is 2.34. The minimum absolute atomic E-state index is 0.122. The van der Waals surface area contributed by atoms with Crippen LogP contribution in [-0.2, 0) is 4.79 Å². The van der Waals surface area contributed by atoms with E-state index in [-0.39, 0.29) is 17.2 Å². The van der Waals surface area contributed by atoms with Gasteiger partial charge in [0.1, 0.15) is 11.5 Å². The highest BCUT2D eigenvalue weighted by Crippen LogP contribution is 2.34. The zero-order valence-corrected chi connectivity index (χ0v) is 24.6. The molecular formula is C29H24Cl2N4O5S. The van der Waals surface area contributed by atoms with Gasteiger partial charge in [-0.05, 0) is 56.7 Å². The van der Waals surface area contributed by atoms with Crippen LogP contribution in [0.1, 0.15) is 38.1 Å². The Labute approximate surface area is 248 Å². The molecule has 9 nitrogen and oxygen atoms in total. The third-order valence-electron chi connectivity index (χ3n) is 6.81. The number of allylic oxidation sites excluding steroid dienone is 1. The number of benzene rings is 2. The molecule has 1 atom stereocenters. The van der Waals surface area contributed by atoms with Gasteiger partial charge in [0.25, 0.3) is 17.2 Å². The number of furan rings is 1. The van der Waals surface area contributed by atoms with Crippen molar-refractivity contribution >= 4 is 52.2 Å². The van der Waals surface area contributed by atoms with Gasteiger partial charge in [0.2, 0.25) is 0 Å². The molecule has 1 amide bonds. The van der Waals surface area contributed by atoms with Crippen LogP contribution in [0.2, 0.25) is 10.0 Å². The second-order valence-electron chi connectivity index (χ2n) is 9.23. The number of carbonyl (C=O) groups excluding carboxylic acids is 1. The van der Waals surface area contributed by atoms with Crippen LogP contribution in [0.3, 0.4) is 0 Å². The Morgan fingerprint density at radius 3 is 2.51 bits per heavy atom. The van der Waals surface area contributed by atoms with E-state index in [0.29, 0.717) is 60.8 Å². The lowest BCUT2D eigenvalue weighted by Gasteiger charge is -2.29. The molecule has 1 aliphatic heterocycles. The van der Waals surface area contributed by atoms with Crippen molar-refractivity contribution in [1.29, 1.82) is 0 Å². The number of nitro groups is 1. The summed E-state index contributed by atoms with van der Waals surface area (Å²) in [6.45, 7) is 6.61. The maximum absolute atomic E-state index is 13.9. The van der Waals surface area contributed by atoms with E-state index < -0.39 is 11.0 Å². The van der Waals surface area contributed by atoms with Gasteiger partial charge >= 0.3 is 0 Å². The summed E-state index contributed by atoms with van der Waals surface area (Å²) in [7, 11) is 0. The molecule has 210 valence electrons. The van der Waals surface area contributed by atoms with E-state index >= 15 is 0 Å². The Morgan fingerprint density at radius 1 is 1.15 bits per heavy atom. The summed E-state index contributed by atoms with van der Waals surface area (Å²) in [5, 5.41) is 12.1. The monoisotopic (exact) mass is 610 g/mol. The number of fused-ring (bicyclic) bond motifs is 1. The Morgan fingerprint density at radius 2 is 1.85 bits per heavy atom. The first kappa shape index (κ1) is 28.5. The highest BCUT2D eigenvalue weighted by atomic mass is 35.5. The van der Waals surface area contributed by atoms with Gasteiger partial charge in [-0.1, -0.05) is 46.7 Å². The first-order valence-electron chi connectivity index (χ1n) is 12.7. The molecule has 12 heteroatoms. The van der Waals surface area contributed by atoms with Crippen LogP contribution in [0.25, 0.3) is 17.4 Å². The van der Waals surface area contributed by atoms with Gasteiger partial charge in [-0.25, -0.2) is 4.99 Å². The minimum Gasteiger partial charge on any atom is -0.457 e.